The number of aromatic nitrogens is 1. The monoisotopic (exact) mass is 303 g/mol. The Morgan fingerprint density at radius 2 is 2.24 bits per heavy atom. The predicted molar refractivity (Wildman–Crippen MR) is 83.9 cm³/mol. The number of hydrogen-bond donors (Lipinski definition) is 1. The quantitative estimate of drug-likeness (QED) is 0.830. The summed E-state index contributed by atoms with van der Waals surface area (Å²) in [7, 11) is 0. The van der Waals surface area contributed by atoms with Crippen LogP contribution in [0.5, 0.6) is 5.75 Å². The number of carboxylic acids is 1. The largest absolute Gasteiger partial charge is 0.493 e. The second-order valence-corrected chi connectivity index (χ2v) is 5.84. The number of aryl methyl sites for hydroxylation is 2. The molecule has 2 aromatic rings. The third-order valence-electron chi connectivity index (χ3n) is 2.88. The van der Waals surface area contributed by atoms with Gasteiger partial charge in [0.1, 0.15) is 5.75 Å². The first-order chi connectivity index (χ1) is 10.0. The van der Waals surface area contributed by atoms with Crippen molar-refractivity contribution in [2.45, 2.75) is 20.3 Å². The number of nitrogens with zero attached hydrogens (tertiary/aromatic N) is 1. The fourth-order valence-electron chi connectivity index (χ4n) is 1.78. The molecule has 0 aliphatic heterocycles. The first-order valence-electron chi connectivity index (χ1n) is 6.60. The standard InChI is InChI=1S/C16H17NO3S/c1-11-3-4-12(2)14(9-11)20-8-7-15-17-10-13(21-15)5-6-16(18)19/h3-6,9-10H,7-8H2,1-2H3,(H,18,19)/b6-5+. The molecule has 0 saturated heterocycles. The van der Waals surface area contributed by atoms with Crippen molar-refractivity contribution in [3.63, 3.8) is 0 Å². The smallest absolute Gasteiger partial charge is 0.328 e. The van der Waals surface area contributed by atoms with Crippen LogP contribution in [0.4, 0.5) is 0 Å². The summed E-state index contributed by atoms with van der Waals surface area (Å²) in [5.41, 5.74) is 2.29. The third-order valence-corrected chi connectivity index (χ3v) is 3.90. The molecular weight excluding hydrogens is 286 g/mol. The van der Waals surface area contributed by atoms with E-state index >= 15 is 0 Å². The Labute approximate surface area is 127 Å². The first kappa shape index (κ1) is 15.3. The number of carbonyl (C=O) groups is 1. The van der Waals surface area contributed by atoms with Gasteiger partial charge in [0.2, 0.25) is 0 Å². The van der Waals surface area contributed by atoms with Gasteiger partial charge in [-0.15, -0.1) is 11.3 Å². The van der Waals surface area contributed by atoms with Gasteiger partial charge in [-0.25, -0.2) is 9.78 Å². The first-order valence-corrected chi connectivity index (χ1v) is 7.42. The van der Waals surface area contributed by atoms with Gasteiger partial charge in [-0.3, -0.25) is 0 Å². The summed E-state index contributed by atoms with van der Waals surface area (Å²) >= 11 is 1.48. The molecule has 0 fully saturated rings. The highest BCUT2D eigenvalue weighted by molar-refractivity contribution is 7.12. The molecule has 0 aliphatic rings. The second kappa shape index (κ2) is 7.04. The fraction of sp³-hybridized carbons (Fsp3) is 0.250. The van der Waals surface area contributed by atoms with Gasteiger partial charge in [-0.2, -0.15) is 0 Å². The van der Waals surface area contributed by atoms with Gasteiger partial charge >= 0.3 is 5.97 Å². The van der Waals surface area contributed by atoms with E-state index < -0.39 is 5.97 Å². The van der Waals surface area contributed by atoms with Gasteiger partial charge in [0, 0.05) is 23.6 Å². The SMILES string of the molecule is Cc1ccc(C)c(OCCc2ncc(/C=C/C(=O)O)s2)c1. The Balaban J connectivity index is 1.89. The minimum atomic E-state index is -0.955. The lowest BCUT2D eigenvalue weighted by molar-refractivity contribution is -0.131. The maximum Gasteiger partial charge on any atom is 0.328 e. The fourth-order valence-corrected chi connectivity index (χ4v) is 2.59. The van der Waals surface area contributed by atoms with E-state index in [0.29, 0.717) is 13.0 Å². The minimum absolute atomic E-state index is 0.555. The number of aliphatic carboxylic acids is 1. The van der Waals surface area contributed by atoms with Crippen LogP contribution in [0.25, 0.3) is 6.08 Å². The summed E-state index contributed by atoms with van der Waals surface area (Å²) in [5.74, 6) is -0.0549. The molecule has 0 unspecified atom stereocenters. The molecule has 110 valence electrons. The Kier molecular flexibility index (Phi) is 5.11. The van der Waals surface area contributed by atoms with E-state index in [9.17, 15) is 4.79 Å². The van der Waals surface area contributed by atoms with Gasteiger partial charge in [0.25, 0.3) is 0 Å². The van der Waals surface area contributed by atoms with Crippen LogP contribution in [0.3, 0.4) is 0 Å². The highest BCUT2D eigenvalue weighted by Crippen LogP contribution is 2.20. The topological polar surface area (TPSA) is 59.4 Å². The third kappa shape index (κ3) is 4.72. The Morgan fingerprint density at radius 3 is 3.00 bits per heavy atom. The van der Waals surface area contributed by atoms with Crippen molar-refractivity contribution in [1.82, 2.24) is 4.98 Å². The van der Waals surface area contributed by atoms with E-state index in [0.717, 1.165) is 27.3 Å². The molecule has 0 atom stereocenters. The zero-order valence-electron chi connectivity index (χ0n) is 12.0. The molecule has 0 amide bonds. The van der Waals surface area contributed by atoms with E-state index in [1.807, 2.05) is 26.0 Å². The van der Waals surface area contributed by atoms with E-state index in [4.69, 9.17) is 9.84 Å². The second-order valence-electron chi connectivity index (χ2n) is 4.70. The van der Waals surface area contributed by atoms with Crippen LogP contribution in [-0.4, -0.2) is 22.7 Å². The lowest BCUT2D eigenvalue weighted by Crippen LogP contribution is -2.02. The van der Waals surface area contributed by atoms with Crippen molar-refractivity contribution >= 4 is 23.4 Å². The van der Waals surface area contributed by atoms with Crippen LogP contribution >= 0.6 is 11.3 Å². The average molecular weight is 303 g/mol. The van der Waals surface area contributed by atoms with E-state index in [1.165, 1.54) is 16.9 Å². The molecule has 21 heavy (non-hydrogen) atoms. The van der Waals surface area contributed by atoms with Crippen LogP contribution in [0.1, 0.15) is 21.0 Å². The van der Waals surface area contributed by atoms with Crippen molar-refractivity contribution in [2.24, 2.45) is 0 Å². The number of ether oxygens (including phenoxy) is 1. The molecule has 1 heterocycles. The van der Waals surface area contributed by atoms with E-state index in [1.54, 1.807) is 12.3 Å². The average Bonchev–Trinajstić information content (AvgIpc) is 2.88. The van der Waals surface area contributed by atoms with Crippen LogP contribution in [-0.2, 0) is 11.2 Å². The Morgan fingerprint density at radius 1 is 1.43 bits per heavy atom. The summed E-state index contributed by atoms with van der Waals surface area (Å²) in [4.78, 5) is 15.5. The lowest BCUT2D eigenvalue weighted by atomic mass is 10.1. The van der Waals surface area contributed by atoms with E-state index in [2.05, 4.69) is 11.1 Å². The molecule has 2 rings (SSSR count). The predicted octanol–water partition coefficient (Wildman–Crippen LogP) is 3.48. The van der Waals surface area contributed by atoms with Crippen LogP contribution in [0.15, 0.2) is 30.5 Å². The van der Waals surface area contributed by atoms with Crippen molar-refractivity contribution in [3.8, 4) is 5.75 Å². The molecular formula is C16H17NO3S. The van der Waals surface area contributed by atoms with Gasteiger partial charge in [0.05, 0.1) is 11.6 Å². The van der Waals surface area contributed by atoms with Crippen molar-refractivity contribution in [1.29, 1.82) is 0 Å². The molecule has 4 nitrogen and oxygen atoms in total. The zero-order chi connectivity index (χ0) is 15.2. The number of rotatable bonds is 6. The molecule has 0 saturated carbocycles. The lowest BCUT2D eigenvalue weighted by Gasteiger charge is -2.08. The van der Waals surface area contributed by atoms with Crippen molar-refractivity contribution in [3.05, 3.63) is 51.5 Å². The summed E-state index contributed by atoms with van der Waals surface area (Å²) in [6, 6.07) is 6.13. The molecule has 5 heteroatoms. The van der Waals surface area contributed by atoms with Crippen molar-refractivity contribution < 1.29 is 14.6 Å². The Hall–Kier alpha value is -2.14. The van der Waals surface area contributed by atoms with Crippen molar-refractivity contribution in [2.75, 3.05) is 6.61 Å². The van der Waals surface area contributed by atoms with Gasteiger partial charge in [0.15, 0.2) is 0 Å². The number of carboxylic acid groups (broad SMARTS) is 1. The zero-order valence-corrected chi connectivity index (χ0v) is 12.8. The minimum Gasteiger partial charge on any atom is -0.493 e. The number of thiazole rings is 1. The van der Waals surface area contributed by atoms with E-state index in [-0.39, 0.29) is 0 Å². The number of hydrogen-bond acceptors (Lipinski definition) is 4. The summed E-state index contributed by atoms with van der Waals surface area (Å²) in [6.07, 6.45) is 5.05. The maximum absolute atomic E-state index is 10.4. The van der Waals surface area contributed by atoms with Gasteiger partial charge < -0.3 is 9.84 Å². The van der Waals surface area contributed by atoms with Gasteiger partial charge in [-0.1, -0.05) is 12.1 Å². The van der Waals surface area contributed by atoms with Gasteiger partial charge in [-0.05, 0) is 37.1 Å². The summed E-state index contributed by atoms with van der Waals surface area (Å²) in [5, 5.41) is 9.51. The summed E-state index contributed by atoms with van der Waals surface area (Å²) in [6.45, 7) is 4.61. The molecule has 0 aliphatic carbocycles. The Bertz CT molecular complexity index is 661. The maximum atomic E-state index is 10.4. The molecule has 1 aromatic heterocycles. The highest BCUT2D eigenvalue weighted by Gasteiger charge is 2.03. The normalized spacial score (nSPS) is 11.0. The molecule has 0 spiro atoms. The highest BCUT2D eigenvalue weighted by atomic mass is 32.1. The van der Waals surface area contributed by atoms with Crippen LogP contribution in [0.2, 0.25) is 0 Å². The molecule has 0 bridgehead atoms. The molecule has 1 N–H and O–H groups in total. The molecule has 0 radical (unpaired) electrons. The van der Waals surface area contributed by atoms with Crippen LogP contribution < -0.4 is 4.74 Å². The number of benzene rings is 1. The molecule has 1 aromatic carbocycles. The van der Waals surface area contributed by atoms with Crippen LogP contribution in [0, 0.1) is 13.8 Å². The summed E-state index contributed by atoms with van der Waals surface area (Å²) < 4.78 is 5.78.